The summed E-state index contributed by atoms with van der Waals surface area (Å²) >= 11 is 7.48. The van der Waals surface area contributed by atoms with E-state index in [0.717, 1.165) is 44.1 Å². The quantitative estimate of drug-likeness (QED) is 0.243. The van der Waals surface area contributed by atoms with Crippen LogP contribution in [0.3, 0.4) is 0 Å². The molecule has 1 fully saturated rings. The van der Waals surface area contributed by atoms with E-state index in [1.807, 2.05) is 32.0 Å². The summed E-state index contributed by atoms with van der Waals surface area (Å²) < 4.78 is 15.6. The second-order valence-corrected chi connectivity index (χ2v) is 11.1. The molecule has 2 N–H and O–H groups in total. The summed E-state index contributed by atoms with van der Waals surface area (Å²) in [6.07, 6.45) is 1.53. The Labute approximate surface area is 254 Å². The average molecular weight is 618 g/mol. The van der Waals surface area contributed by atoms with Crippen LogP contribution in [0.1, 0.15) is 21.1 Å². The van der Waals surface area contributed by atoms with Crippen LogP contribution in [0.4, 0.5) is 22.5 Å². The van der Waals surface area contributed by atoms with Gasteiger partial charge in [0.15, 0.2) is 10.9 Å². The number of carbonyl (C=O) groups excluding carboxylic acids is 2. The largest absolute Gasteiger partial charge is 0.382 e. The third kappa shape index (κ3) is 9.41. The fraction of sp³-hybridized carbons (Fsp3) is 0.464. The van der Waals surface area contributed by atoms with E-state index in [-0.39, 0.29) is 24.9 Å². The van der Waals surface area contributed by atoms with Crippen molar-refractivity contribution in [3.05, 3.63) is 51.7 Å². The van der Waals surface area contributed by atoms with Gasteiger partial charge in [0.1, 0.15) is 35.6 Å². The van der Waals surface area contributed by atoms with Crippen molar-refractivity contribution in [2.24, 2.45) is 0 Å². The molecule has 0 radical (unpaired) electrons. The first kappa shape index (κ1) is 31.7. The molecule has 0 bridgehead atoms. The molecule has 0 unspecified atom stereocenters. The van der Waals surface area contributed by atoms with E-state index in [0.29, 0.717) is 52.2 Å². The van der Waals surface area contributed by atoms with E-state index < -0.39 is 0 Å². The summed E-state index contributed by atoms with van der Waals surface area (Å²) in [6, 6.07) is 7.35. The molecule has 1 aliphatic heterocycles. The molecule has 1 aromatic carbocycles. The number of para-hydroxylation sites is 1. The van der Waals surface area contributed by atoms with Crippen molar-refractivity contribution in [3.8, 4) is 0 Å². The van der Waals surface area contributed by atoms with Crippen LogP contribution in [-0.2, 0) is 19.0 Å². The normalized spacial score (nSPS) is 13.8. The van der Waals surface area contributed by atoms with Gasteiger partial charge < -0.3 is 29.7 Å². The van der Waals surface area contributed by atoms with Crippen molar-refractivity contribution in [1.82, 2.24) is 19.9 Å². The minimum absolute atomic E-state index is 0.0412. The van der Waals surface area contributed by atoms with E-state index in [9.17, 15) is 9.59 Å². The second-order valence-electron chi connectivity index (χ2n) is 9.66. The Morgan fingerprint density at radius 3 is 2.55 bits per heavy atom. The molecule has 1 aliphatic rings. The minimum Gasteiger partial charge on any atom is -0.382 e. The fourth-order valence-electron chi connectivity index (χ4n) is 4.24. The van der Waals surface area contributed by atoms with Crippen molar-refractivity contribution < 1.29 is 23.8 Å². The number of nitrogens with one attached hydrogen (secondary N) is 2. The molecular formula is C28H36ClN7O5S. The lowest BCUT2D eigenvalue weighted by Crippen LogP contribution is -2.47. The zero-order valence-corrected chi connectivity index (χ0v) is 25.6. The standard InChI is InChI=1S/C28H36ClN7O5S/c1-19-5-4-6-22(29)26(19)34-27(38)23-16-30-28(42-23)33-24-15-25(32-20(2)31-24)36-9-7-35(8-10-36)11-12-40-17-21(37)18-41-14-13-39-3/h4-6,15-16H,7-14,17-18H2,1-3H3,(H,34,38)(H,30,31,32,33). The Hall–Kier alpha value is -3.20. The van der Waals surface area contributed by atoms with Crippen LogP contribution in [0.25, 0.3) is 0 Å². The molecule has 226 valence electrons. The van der Waals surface area contributed by atoms with Crippen molar-refractivity contribution >= 4 is 57.1 Å². The Balaban J connectivity index is 1.24. The second kappa shape index (κ2) is 15.9. The van der Waals surface area contributed by atoms with Gasteiger partial charge in [-0.3, -0.25) is 14.5 Å². The summed E-state index contributed by atoms with van der Waals surface area (Å²) in [7, 11) is 1.59. The predicted molar refractivity (Wildman–Crippen MR) is 163 cm³/mol. The maximum atomic E-state index is 12.8. The van der Waals surface area contributed by atoms with Gasteiger partial charge >= 0.3 is 0 Å². The number of nitrogens with zero attached hydrogens (tertiary/aromatic N) is 5. The van der Waals surface area contributed by atoms with E-state index in [1.165, 1.54) is 17.5 Å². The number of piperazine rings is 1. The van der Waals surface area contributed by atoms with Crippen LogP contribution < -0.4 is 15.5 Å². The topological polar surface area (TPSA) is 131 Å². The number of hydrogen-bond donors (Lipinski definition) is 2. The number of methoxy groups -OCH3 is 1. The zero-order chi connectivity index (χ0) is 29.9. The third-order valence-electron chi connectivity index (χ3n) is 6.46. The molecule has 0 atom stereocenters. The fourth-order valence-corrected chi connectivity index (χ4v) is 5.23. The number of carbonyl (C=O) groups is 2. The molecule has 4 rings (SSSR count). The monoisotopic (exact) mass is 617 g/mol. The first-order valence-corrected chi connectivity index (χ1v) is 14.8. The lowest BCUT2D eigenvalue weighted by Gasteiger charge is -2.35. The van der Waals surface area contributed by atoms with Crippen LogP contribution in [0, 0.1) is 13.8 Å². The number of aryl methyl sites for hydroxylation is 2. The number of amides is 1. The van der Waals surface area contributed by atoms with E-state index in [2.05, 4.69) is 35.4 Å². The molecule has 0 saturated carbocycles. The summed E-state index contributed by atoms with van der Waals surface area (Å²) in [5, 5.41) is 7.11. The van der Waals surface area contributed by atoms with Gasteiger partial charge in [-0.2, -0.15) is 0 Å². The number of ketones is 1. The maximum absolute atomic E-state index is 12.8. The average Bonchev–Trinajstić information content (AvgIpc) is 3.44. The van der Waals surface area contributed by atoms with Crippen LogP contribution in [0.2, 0.25) is 5.02 Å². The number of benzene rings is 1. The van der Waals surface area contributed by atoms with Crippen LogP contribution >= 0.6 is 22.9 Å². The lowest BCUT2D eigenvalue weighted by atomic mass is 10.2. The van der Waals surface area contributed by atoms with Gasteiger partial charge in [0.2, 0.25) is 0 Å². The van der Waals surface area contributed by atoms with E-state index in [4.69, 9.17) is 25.8 Å². The predicted octanol–water partition coefficient (Wildman–Crippen LogP) is 3.57. The van der Waals surface area contributed by atoms with Crippen molar-refractivity contribution in [2.45, 2.75) is 13.8 Å². The molecule has 12 nitrogen and oxygen atoms in total. The number of Topliss-reactive ketones (excluding diaryl/α,β-unsaturated/α-hetero) is 1. The molecule has 2 aromatic heterocycles. The number of hydrogen-bond acceptors (Lipinski definition) is 12. The summed E-state index contributed by atoms with van der Waals surface area (Å²) in [5.74, 6) is 1.70. The van der Waals surface area contributed by atoms with Gasteiger partial charge in [-0.05, 0) is 25.5 Å². The first-order valence-electron chi connectivity index (χ1n) is 13.6. The number of rotatable bonds is 15. The van der Waals surface area contributed by atoms with Gasteiger partial charge in [-0.25, -0.2) is 15.0 Å². The highest BCUT2D eigenvalue weighted by molar-refractivity contribution is 7.17. The SMILES string of the molecule is COCCOCC(=O)COCCN1CCN(c2cc(Nc3ncc(C(=O)Nc4c(C)cccc4Cl)s3)nc(C)n2)CC1. The van der Waals surface area contributed by atoms with Crippen LogP contribution in [0.5, 0.6) is 0 Å². The molecule has 14 heteroatoms. The van der Waals surface area contributed by atoms with Crippen LogP contribution in [-0.4, -0.2) is 104 Å². The summed E-state index contributed by atoms with van der Waals surface area (Å²) in [4.78, 5) is 43.1. The molecule has 42 heavy (non-hydrogen) atoms. The molecule has 0 spiro atoms. The maximum Gasteiger partial charge on any atom is 0.267 e. The molecule has 3 aromatic rings. The Morgan fingerprint density at radius 1 is 1.05 bits per heavy atom. The van der Waals surface area contributed by atoms with E-state index in [1.54, 1.807) is 13.2 Å². The molecule has 1 saturated heterocycles. The van der Waals surface area contributed by atoms with Gasteiger partial charge in [0, 0.05) is 45.9 Å². The zero-order valence-electron chi connectivity index (χ0n) is 24.0. The Morgan fingerprint density at radius 2 is 1.81 bits per heavy atom. The number of ether oxygens (including phenoxy) is 3. The van der Waals surface area contributed by atoms with Crippen molar-refractivity contribution in [2.75, 3.05) is 88.4 Å². The molecule has 1 amide bonds. The lowest BCUT2D eigenvalue weighted by molar-refractivity contribution is -0.128. The van der Waals surface area contributed by atoms with Gasteiger partial charge in [0.05, 0.1) is 36.7 Å². The van der Waals surface area contributed by atoms with Gasteiger partial charge in [0.25, 0.3) is 5.91 Å². The highest BCUT2D eigenvalue weighted by Gasteiger charge is 2.20. The summed E-state index contributed by atoms with van der Waals surface area (Å²) in [5.41, 5.74) is 1.47. The number of anilines is 4. The van der Waals surface area contributed by atoms with Crippen molar-refractivity contribution in [3.63, 3.8) is 0 Å². The van der Waals surface area contributed by atoms with Gasteiger partial charge in [-0.1, -0.05) is 35.1 Å². The van der Waals surface area contributed by atoms with Gasteiger partial charge in [-0.15, -0.1) is 0 Å². The molecule has 3 heterocycles. The van der Waals surface area contributed by atoms with E-state index >= 15 is 0 Å². The van der Waals surface area contributed by atoms with Crippen molar-refractivity contribution in [1.29, 1.82) is 0 Å². The summed E-state index contributed by atoms with van der Waals surface area (Å²) in [6.45, 7) is 9.20. The Bertz CT molecular complexity index is 1330. The number of halogens is 1. The number of thiazole rings is 1. The molecular weight excluding hydrogens is 582 g/mol. The highest BCUT2D eigenvalue weighted by atomic mass is 35.5. The first-order chi connectivity index (χ1) is 20.3. The van der Waals surface area contributed by atoms with Crippen LogP contribution in [0.15, 0.2) is 30.5 Å². The highest BCUT2D eigenvalue weighted by Crippen LogP contribution is 2.28. The minimum atomic E-state index is -0.279. The smallest absolute Gasteiger partial charge is 0.267 e. The third-order valence-corrected chi connectivity index (χ3v) is 7.68. The molecule has 0 aliphatic carbocycles. The Kier molecular flexibility index (Phi) is 12.0. The number of aromatic nitrogens is 3.